The van der Waals surface area contributed by atoms with Gasteiger partial charge in [0.05, 0.1) is 28.6 Å². The molecule has 0 atom stereocenters. The van der Waals surface area contributed by atoms with Gasteiger partial charge in [-0.1, -0.05) is 97.1 Å². The molecule has 10 aromatic rings. The Morgan fingerprint density at radius 1 is 0.447 bits per heavy atom. The lowest BCUT2D eigenvalue weighted by molar-refractivity contribution is 0.669. The SMILES string of the molecule is [C-]#[N+]c1cccc(-n2c3ccccc3c3cc4c(cc32)oc2ccccc24)c1-c1cccc(-n2c3ccccc3c3ccccc32)c1. The summed E-state index contributed by atoms with van der Waals surface area (Å²) in [5, 5.41) is 6.96. The molecule has 0 radical (unpaired) electrons. The molecule has 3 aromatic heterocycles. The highest BCUT2D eigenvalue weighted by Crippen LogP contribution is 2.43. The van der Waals surface area contributed by atoms with E-state index >= 15 is 0 Å². The van der Waals surface area contributed by atoms with Crippen molar-refractivity contribution in [3.63, 3.8) is 0 Å². The van der Waals surface area contributed by atoms with E-state index in [1.54, 1.807) is 0 Å². The molecule has 4 heteroatoms. The Morgan fingerprint density at radius 3 is 1.79 bits per heavy atom. The summed E-state index contributed by atoms with van der Waals surface area (Å²) in [6, 6.07) is 52.9. The minimum absolute atomic E-state index is 0.609. The standard InChI is InChI=1S/C43H25N3O/c1-44-35-18-11-22-39(43(35)27-12-10-13-28(24-27)45-36-19-6-2-14-29(36)30-15-3-7-20-37(30)45)46-38-21-8-4-16-31(38)33-25-34-32-17-5-9-23-41(32)47-42(34)26-40(33)46/h2-26H. The number of para-hydroxylation sites is 4. The average Bonchev–Trinajstić information content (AvgIpc) is 3.77. The lowest BCUT2D eigenvalue weighted by Crippen LogP contribution is -1.99. The molecular formula is C43H25N3O. The Bertz CT molecular complexity index is 2880. The highest BCUT2D eigenvalue weighted by molar-refractivity contribution is 6.18. The van der Waals surface area contributed by atoms with Crippen LogP contribution >= 0.6 is 0 Å². The van der Waals surface area contributed by atoms with E-state index in [1.165, 1.54) is 10.8 Å². The van der Waals surface area contributed by atoms with Gasteiger partial charge in [0.2, 0.25) is 0 Å². The maximum absolute atomic E-state index is 8.26. The summed E-state index contributed by atoms with van der Waals surface area (Å²) in [7, 11) is 0. The van der Waals surface area contributed by atoms with Gasteiger partial charge < -0.3 is 13.6 Å². The molecule has 0 spiro atoms. The highest BCUT2D eigenvalue weighted by Gasteiger charge is 2.21. The maximum Gasteiger partial charge on any atom is 0.196 e. The number of rotatable bonds is 3. The molecule has 0 aliphatic heterocycles. The number of aromatic nitrogens is 2. The van der Waals surface area contributed by atoms with Crippen LogP contribution in [0.25, 0.3) is 92.9 Å². The van der Waals surface area contributed by atoms with Crippen molar-refractivity contribution in [1.29, 1.82) is 0 Å². The zero-order valence-corrected chi connectivity index (χ0v) is 25.2. The zero-order valence-electron chi connectivity index (χ0n) is 25.2. The van der Waals surface area contributed by atoms with Gasteiger partial charge in [-0.15, -0.1) is 0 Å². The molecule has 0 N–H and O–H groups in total. The largest absolute Gasteiger partial charge is 0.456 e. The summed E-state index contributed by atoms with van der Waals surface area (Å²) >= 11 is 0. The Hall–Kier alpha value is -6.57. The first-order valence-corrected chi connectivity index (χ1v) is 15.7. The first-order valence-electron chi connectivity index (χ1n) is 15.7. The number of hydrogen-bond donors (Lipinski definition) is 0. The molecule has 4 nitrogen and oxygen atoms in total. The molecule has 7 aromatic carbocycles. The van der Waals surface area contributed by atoms with Crippen LogP contribution in [0.2, 0.25) is 0 Å². The summed E-state index contributed by atoms with van der Waals surface area (Å²) in [6.45, 7) is 8.26. The first kappa shape index (κ1) is 25.7. The summed E-state index contributed by atoms with van der Waals surface area (Å²) < 4.78 is 11.0. The minimum atomic E-state index is 0.609. The van der Waals surface area contributed by atoms with E-state index < -0.39 is 0 Å². The number of hydrogen-bond acceptors (Lipinski definition) is 1. The van der Waals surface area contributed by atoms with Gasteiger partial charge in [0.15, 0.2) is 5.69 Å². The minimum Gasteiger partial charge on any atom is -0.456 e. The molecule has 0 aliphatic rings. The van der Waals surface area contributed by atoms with Gasteiger partial charge in [0.1, 0.15) is 11.2 Å². The van der Waals surface area contributed by atoms with Crippen LogP contribution < -0.4 is 0 Å². The molecule has 10 rings (SSSR count). The van der Waals surface area contributed by atoms with Crippen LogP contribution in [0.5, 0.6) is 0 Å². The summed E-state index contributed by atoms with van der Waals surface area (Å²) in [5.74, 6) is 0. The van der Waals surface area contributed by atoms with Crippen LogP contribution in [0, 0.1) is 6.57 Å². The van der Waals surface area contributed by atoms with Crippen LogP contribution in [-0.2, 0) is 0 Å². The van der Waals surface area contributed by atoms with Crippen LogP contribution in [0.4, 0.5) is 5.69 Å². The number of nitrogens with zero attached hydrogens (tertiary/aromatic N) is 3. The van der Waals surface area contributed by atoms with E-state index in [9.17, 15) is 0 Å². The second-order valence-electron chi connectivity index (χ2n) is 12.0. The Morgan fingerprint density at radius 2 is 1.06 bits per heavy atom. The van der Waals surface area contributed by atoms with Gasteiger partial charge in [-0.3, -0.25) is 0 Å². The van der Waals surface area contributed by atoms with Gasteiger partial charge in [-0.25, -0.2) is 4.85 Å². The predicted molar refractivity (Wildman–Crippen MR) is 194 cm³/mol. The monoisotopic (exact) mass is 599 g/mol. The van der Waals surface area contributed by atoms with Gasteiger partial charge >= 0.3 is 0 Å². The summed E-state index contributed by atoms with van der Waals surface area (Å²) in [6.07, 6.45) is 0. The number of fused-ring (bicyclic) bond motifs is 9. The van der Waals surface area contributed by atoms with E-state index in [-0.39, 0.29) is 0 Å². The predicted octanol–water partition coefficient (Wildman–Crippen LogP) is 12.0. The summed E-state index contributed by atoms with van der Waals surface area (Å²) in [4.78, 5) is 4.06. The van der Waals surface area contributed by atoms with Crippen LogP contribution in [0.1, 0.15) is 0 Å². The van der Waals surface area contributed by atoms with Crippen LogP contribution in [0.15, 0.2) is 156 Å². The normalized spacial score (nSPS) is 11.8. The molecule has 0 amide bonds. The smallest absolute Gasteiger partial charge is 0.196 e. The summed E-state index contributed by atoms with van der Waals surface area (Å²) in [5.41, 5.74) is 10.7. The third-order valence-corrected chi connectivity index (χ3v) is 9.53. The van der Waals surface area contributed by atoms with Crippen molar-refractivity contribution in [1.82, 2.24) is 9.13 Å². The topological polar surface area (TPSA) is 27.4 Å². The lowest BCUT2D eigenvalue weighted by atomic mass is 10.00. The molecular weight excluding hydrogens is 574 g/mol. The van der Waals surface area contributed by atoms with E-state index in [0.717, 1.165) is 77.3 Å². The molecule has 0 fully saturated rings. The molecule has 218 valence electrons. The molecule has 0 saturated carbocycles. The molecule has 47 heavy (non-hydrogen) atoms. The first-order chi connectivity index (χ1) is 23.3. The number of benzene rings is 7. The van der Waals surface area contributed by atoms with Crippen molar-refractivity contribution >= 4 is 71.2 Å². The van der Waals surface area contributed by atoms with E-state index in [0.29, 0.717) is 5.69 Å². The Balaban J connectivity index is 1.27. The Kier molecular flexibility index (Phi) is 5.32. The average molecular weight is 600 g/mol. The molecule has 0 aliphatic carbocycles. The Labute approximate surface area is 269 Å². The maximum atomic E-state index is 8.26. The van der Waals surface area contributed by atoms with Crippen LogP contribution in [-0.4, -0.2) is 9.13 Å². The van der Waals surface area contributed by atoms with Crippen molar-refractivity contribution in [3.05, 3.63) is 163 Å². The molecule has 3 heterocycles. The molecule has 0 bridgehead atoms. The second-order valence-corrected chi connectivity index (χ2v) is 12.0. The van der Waals surface area contributed by atoms with Crippen molar-refractivity contribution in [2.45, 2.75) is 0 Å². The van der Waals surface area contributed by atoms with Gasteiger partial charge in [-0.05, 0) is 54.1 Å². The fraction of sp³-hybridized carbons (Fsp3) is 0. The van der Waals surface area contributed by atoms with Crippen molar-refractivity contribution in [3.8, 4) is 22.5 Å². The van der Waals surface area contributed by atoms with Gasteiger partial charge in [0.25, 0.3) is 0 Å². The van der Waals surface area contributed by atoms with Crippen molar-refractivity contribution in [2.75, 3.05) is 0 Å². The second kappa shape index (κ2) is 9.71. The van der Waals surface area contributed by atoms with E-state index in [4.69, 9.17) is 11.0 Å². The molecule has 0 unspecified atom stereocenters. The quantitative estimate of drug-likeness (QED) is 0.186. The van der Waals surface area contributed by atoms with Gasteiger partial charge in [-0.2, -0.15) is 0 Å². The van der Waals surface area contributed by atoms with Crippen molar-refractivity contribution in [2.24, 2.45) is 0 Å². The fourth-order valence-corrected chi connectivity index (χ4v) is 7.55. The van der Waals surface area contributed by atoms with Crippen LogP contribution in [0.3, 0.4) is 0 Å². The lowest BCUT2D eigenvalue weighted by Gasteiger charge is -2.17. The molecule has 0 saturated heterocycles. The van der Waals surface area contributed by atoms with E-state index in [2.05, 4.69) is 141 Å². The third-order valence-electron chi connectivity index (χ3n) is 9.53. The highest BCUT2D eigenvalue weighted by atomic mass is 16.3. The zero-order chi connectivity index (χ0) is 31.1. The van der Waals surface area contributed by atoms with Gasteiger partial charge in [0, 0.05) is 55.3 Å². The van der Waals surface area contributed by atoms with E-state index in [1.807, 2.05) is 24.3 Å². The number of furan rings is 1. The van der Waals surface area contributed by atoms with Crippen molar-refractivity contribution < 1.29 is 4.42 Å². The third kappa shape index (κ3) is 3.63. The fourth-order valence-electron chi connectivity index (χ4n) is 7.55.